The van der Waals surface area contributed by atoms with Crippen LogP contribution in [0.15, 0.2) is 29.3 Å². The Morgan fingerprint density at radius 3 is 2.69 bits per heavy atom. The molecule has 1 fully saturated rings. The van der Waals surface area contributed by atoms with Crippen molar-refractivity contribution in [1.29, 1.82) is 0 Å². The Morgan fingerprint density at radius 1 is 1.31 bits per heavy atom. The Labute approximate surface area is 188 Å². The second kappa shape index (κ2) is 11.3. The van der Waals surface area contributed by atoms with Gasteiger partial charge in [0.25, 0.3) is 0 Å². The average molecular weight is 516 g/mol. The Kier molecular flexibility index (Phi) is 9.12. The minimum absolute atomic E-state index is 0. The lowest BCUT2D eigenvalue weighted by atomic mass is 10.2. The van der Waals surface area contributed by atoms with E-state index in [0.717, 1.165) is 30.5 Å². The molecule has 1 aliphatic rings. The molecule has 0 aliphatic heterocycles. The first-order chi connectivity index (χ1) is 13.5. The van der Waals surface area contributed by atoms with Crippen molar-refractivity contribution in [2.24, 2.45) is 12.0 Å². The van der Waals surface area contributed by atoms with Gasteiger partial charge in [-0.15, -0.1) is 34.2 Å². The monoisotopic (exact) mass is 516 g/mol. The number of aryl methyl sites for hydroxylation is 1. The molecule has 0 saturated heterocycles. The summed E-state index contributed by atoms with van der Waals surface area (Å²) < 4.78 is 21.2. The highest BCUT2D eigenvalue weighted by atomic mass is 127. The van der Waals surface area contributed by atoms with Gasteiger partial charge in [0.05, 0.1) is 6.54 Å². The Bertz CT molecular complexity index is 806. The predicted molar refractivity (Wildman–Crippen MR) is 122 cm³/mol. The summed E-state index contributed by atoms with van der Waals surface area (Å²) in [5, 5.41) is 11.8. The van der Waals surface area contributed by atoms with Crippen LogP contribution in [0, 0.1) is 12.7 Å². The maximum atomic E-state index is 13.7. The molecule has 0 spiro atoms. The SMILES string of the molecule is Cc1nnc(CN=C(NC2CCCC2)N(C)CCOc2ccccc2F)n1C.I. The number of ether oxygens (including phenoxy) is 1. The Balaban J connectivity index is 0.00000300. The van der Waals surface area contributed by atoms with Crippen molar-refractivity contribution in [3.05, 3.63) is 41.7 Å². The first-order valence-corrected chi connectivity index (χ1v) is 9.79. The van der Waals surface area contributed by atoms with Crippen LogP contribution in [-0.2, 0) is 13.6 Å². The topological polar surface area (TPSA) is 67.6 Å². The van der Waals surface area contributed by atoms with Gasteiger partial charge in [0.15, 0.2) is 23.4 Å². The van der Waals surface area contributed by atoms with Gasteiger partial charge in [0.1, 0.15) is 19.0 Å². The highest BCUT2D eigenvalue weighted by Crippen LogP contribution is 2.18. The van der Waals surface area contributed by atoms with E-state index in [9.17, 15) is 4.39 Å². The third-order valence-corrected chi connectivity index (χ3v) is 5.12. The quantitative estimate of drug-likeness (QED) is 0.348. The van der Waals surface area contributed by atoms with Crippen LogP contribution in [0.25, 0.3) is 0 Å². The van der Waals surface area contributed by atoms with Crippen molar-refractivity contribution < 1.29 is 9.13 Å². The second-order valence-corrected chi connectivity index (χ2v) is 7.19. The summed E-state index contributed by atoms with van der Waals surface area (Å²) in [5.41, 5.74) is 0. The number of nitrogens with one attached hydrogen (secondary N) is 1. The maximum Gasteiger partial charge on any atom is 0.194 e. The van der Waals surface area contributed by atoms with Crippen LogP contribution in [0.4, 0.5) is 4.39 Å². The molecule has 1 heterocycles. The third-order valence-electron chi connectivity index (χ3n) is 5.12. The van der Waals surface area contributed by atoms with Crippen LogP contribution in [0.2, 0.25) is 0 Å². The van der Waals surface area contributed by atoms with E-state index in [0.29, 0.717) is 25.7 Å². The number of nitrogens with zero attached hydrogens (tertiary/aromatic N) is 5. The maximum absolute atomic E-state index is 13.7. The van der Waals surface area contributed by atoms with Gasteiger partial charge >= 0.3 is 0 Å². The van der Waals surface area contributed by atoms with Crippen molar-refractivity contribution >= 4 is 29.9 Å². The number of hydrogen-bond acceptors (Lipinski definition) is 4. The van der Waals surface area contributed by atoms with Gasteiger partial charge in [-0.1, -0.05) is 25.0 Å². The first kappa shape index (κ1) is 23.4. The number of para-hydroxylation sites is 1. The zero-order valence-corrected chi connectivity index (χ0v) is 19.6. The largest absolute Gasteiger partial charge is 0.489 e. The molecule has 0 atom stereocenters. The lowest BCUT2D eigenvalue weighted by molar-refractivity contribution is 0.269. The van der Waals surface area contributed by atoms with Crippen LogP contribution >= 0.6 is 24.0 Å². The molecule has 1 N–H and O–H groups in total. The van der Waals surface area contributed by atoms with Crippen molar-refractivity contribution in [3.63, 3.8) is 0 Å². The molecule has 0 radical (unpaired) electrons. The molecule has 1 aliphatic carbocycles. The molecule has 0 unspecified atom stereocenters. The number of aromatic nitrogens is 3. The third kappa shape index (κ3) is 6.55. The van der Waals surface area contributed by atoms with Crippen LogP contribution in [0.3, 0.4) is 0 Å². The molecular formula is C20H30FIN6O. The average Bonchev–Trinajstić information content (AvgIpc) is 3.31. The van der Waals surface area contributed by atoms with Gasteiger partial charge in [-0.05, 0) is 31.9 Å². The molecule has 2 aromatic rings. The van der Waals surface area contributed by atoms with Crippen LogP contribution in [0.1, 0.15) is 37.3 Å². The van der Waals surface area contributed by atoms with E-state index >= 15 is 0 Å². The predicted octanol–water partition coefficient (Wildman–Crippen LogP) is 3.28. The lowest BCUT2D eigenvalue weighted by Gasteiger charge is -2.25. The molecular weight excluding hydrogens is 486 g/mol. The van der Waals surface area contributed by atoms with E-state index in [1.54, 1.807) is 18.2 Å². The number of guanidine groups is 1. The van der Waals surface area contributed by atoms with E-state index in [2.05, 4.69) is 15.5 Å². The van der Waals surface area contributed by atoms with Crippen LogP contribution < -0.4 is 10.1 Å². The normalized spacial score (nSPS) is 14.6. The van der Waals surface area contributed by atoms with Gasteiger partial charge in [0.2, 0.25) is 0 Å². The number of rotatable bonds is 7. The number of aliphatic imine (C=N–C) groups is 1. The molecule has 3 rings (SSSR count). The summed E-state index contributed by atoms with van der Waals surface area (Å²) in [6.07, 6.45) is 4.80. The molecule has 29 heavy (non-hydrogen) atoms. The van der Waals surface area contributed by atoms with Crippen molar-refractivity contribution in [2.45, 2.75) is 45.2 Å². The molecule has 0 bridgehead atoms. The van der Waals surface area contributed by atoms with E-state index in [1.165, 1.54) is 18.9 Å². The summed E-state index contributed by atoms with van der Waals surface area (Å²) in [4.78, 5) is 6.77. The fraction of sp³-hybridized carbons (Fsp3) is 0.550. The number of halogens is 2. The highest BCUT2D eigenvalue weighted by molar-refractivity contribution is 14.0. The van der Waals surface area contributed by atoms with Gasteiger partial charge in [-0.2, -0.15) is 0 Å². The summed E-state index contributed by atoms with van der Waals surface area (Å²) in [5.74, 6) is 2.42. The summed E-state index contributed by atoms with van der Waals surface area (Å²) in [6.45, 7) is 3.32. The second-order valence-electron chi connectivity index (χ2n) is 7.19. The zero-order valence-electron chi connectivity index (χ0n) is 17.3. The fourth-order valence-electron chi connectivity index (χ4n) is 3.22. The van der Waals surface area contributed by atoms with Gasteiger partial charge in [0, 0.05) is 20.1 Å². The van der Waals surface area contributed by atoms with Gasteiger partial charge in [-0.3, -0.25) is 0 Å². The smallest absolute Gasteiger partial charge is 0.194 e. The van der Waals surface area contributed by atoms with E-state index in [4.69, 9.17) is 9.73 Å². The van der Waals surface area contributed by atoms with Gasteiger partial charge in [-0.25, -0.2) is 9.38 Å². The standard InChI is InChI=1S/C20H29FN6O.HI/c1-15-24-25-19(27(15)3)14-22-20(23-16-8-4-5-9-16)26(2)12-13-28-18-11-7-6-10-17(18)21;/h6-7,10-11,16H,4-5,8-9,12-14H2,1-3H3,(H,22,23);1H. The number of hydrogen-bond donors (Lipinski definition) is 1. The summed E-state index contributed by atoms with van der Waals surface area (Å²) >= 11 is 0. The minimum atomic E-state index is -0.347. The van der Waals surface area contributed by atoms with Crippen molar-refractivity contribution in [3.8, 4) is 5.75 Å². The first-order valence-electron chi connectivity index (χ1n) is 9.79. The Hall–Kier alpha value is -1.91. The number of benzene rings is 1. The lowest BCUT2D eigenvalue weighted by Crippen LogP contribution is -2.45. The molecule has 0 amide bonds. The molecule has 1 saturated carbocycles. The zero-order chi connectivity index (χ0) is 19.9. The molecule has 7 nitrogen and oxygen atoms in total. The summed E-state index contributed by atoms with van der Waals surface area (Å²) in [7, 11) is 3.91. The molecule has 1 aromatic carbocycles. The minimum Gasteiger partial charge on any atom is -0.489 e. The molecule has 160 valence electrons. The molecule has 9 heteroatoms. The van der Waals surface area contributed by atoms with E-state index in [-0.39, 0.29) is 35.5 Å². The van der Waals surface area contributed by atoms with Crippen molar-refractivity contribution in [1.82, 2.24) is 25.0 Å². The van der Waals surface area contributed by atoms with Crippen LogP contribution in [-0.4, -0.2) is 51.9 Å². The van der Waals surface area contributed by atoms with E-state index in [1.807, 2.05) is 30.5 Å². The van der Waals surface area contributed by atoms with Gasteiger partial charge < -0.3 is 19.5 Å². The fourth-order valence-corrected chi connectivity index (χ4v) is 3.22. The van der Waals surface area contributed by atoms with Crippen molar-refractivity contribution in [2.75, 3.05) is 20.2 Å². The number of likely N-dealkylation sites (N-methyl/N-ethyl adjacent to an activating group) is 1. The summed E-state index contributed by atoms with van der Waals surface area (Å²) in [6, 6.07) is 6.89. The van der Waals surface area contributed by atoms with Crippen LogP contribution in [0.5, 0.6) is 5.75 Å². The van der Waals surface area contributed by atoms with E-state index < -0.39 is 0 Å². The molecule has 1 aromatic heterocycles. The highest BCUT2D eigenvalue weighted by Gasteiger charge is 2.18. The Morgan fingerprint density at radius 2 is 2.03 bits per heavy atom.